The van der Waals surface area contributed by atoms with Crippen molar-refractivity contribution in [2.45, 2.75) is 13.0 Å². The minimum absolute atomic E-state index is 0.195. The van der Waals surface area contributed by atoms with E-state index in [1.165, 1.54) is 11.9 Å². The van der Waals surface area contributed by atoms with Crippen LogP contribution in [-0.4, -0.2) is 25.8 Å². The molecule has 0 bridgehead atoms. The van der Waals surface area contributed by atoms with Crippen molar-refractivity contribution in [1.29, 1.82) is 0 Å². The maximum atomic E-state index is 8.25. The molecule has 0 saturated carbocycles. The fourth-order valence-electron chi connectivity index (χ4n) is 1.51. The van der Waals surface area contributed by atoms with Gasteiger partial charge in [0.05, 0.1) is 10.8 Å². The first-order chi connectivity index (χ1) is 9.97. The highest BCUT2D eigenvalue weighted by Gasteiger charge is 1.97. The lowest BCUT2D eigenvalue weighted by atomic mass is 10.1. The number of benzene rings is 1. The van der Waals surface area contributed by atoms with Crippen molar-refractivity contribution in [2.75, 3.05) is 0 Å². The van der Waals surface area contributed by atoms with Crippen molar-refractivity contribution >= 4 is 11.6 Å². The third kappa shape index (κ3) is 7.10. The SMILES string of the molecule is NC(N)=[NH+]c1ccc(CCn2cncn2)cc1.O=[N+]([O-])[O-]. The predicted octanol–water partition coefficient (Wildman–Crippen LogP) is -1.73. The van der Waals surface area contributed by atoms with E-state index in [9.17, 15) is 0 Å². The van der Waals surface area contributed by atoms with Gasteiger partial charge in [-0.25, -0.2) is 9.98 Å². The van der Waals surface area contributed by atoms with Gasteiger partial charge in [0, 0.05) is 6.54 Å². The number of nitrogens with two attached hydrogens (primary N) is 2. The molecule has 10 nitrogen and oxygen atoms in total. The largest absolute Gasteiger partial charge is 0.356 e. The quantitative estimate of drug-likeness (QED) is 0.261. The summed E-state index contributed by atoms with van der Waals surface area (Å²) in [6.45, 7) is 0.817. The van der Waals surface area contributed by atoms with Crippen molar-refractivity contribution in [3.63, 3.8) is 0 Å². The van der Waals surface area contributed by atoms with Crippen LogP contribution in [-0.2, 0) is 13.0 Å². The summed E-state index contributed by atoms with van der Waals surface area (Å²) in [6.07, 6.45) is 4.15. The monoisotopic (exact) mass is 293 g/mol. The van der Waals surface area contributed by atoms with Crippen LogP contribution in [0.4, 0.5) is 5.69 Å². The Kier molecular flexibility index (Phi) is 6.12. The molecular formula is C11H15N7O3. The van der Waals surface area contributed by atoms with Gasteiger partial charge in [-0.15, -0.1) is 0 Å². The van der Waals surface area contributed by atoms with Crippen LogP contribution in [0.15, 0.2) is 36.9 Å². The predicted molar refractivity (Wildman–Crippen MR) is 74.5 cm³/mol. The summed E-state index contributed by atoms with van der Waals surface area (Å²) in [4.78, 5) is 15.0. The number of hydrogen-bond donors (Lipinski definition) is 3. The average molecular weight is 293 g/mol. The van der Waals surface area contributed by atoms with Crippen LogP contribution >= 0.6 is 0 Å². The van der Waals surface area contributed by atoms with Gasteiger partial charge >= 0.3 is 5.96 Å². The van der Waals surface area contributed by atoms with Gasteiger partial charge in [-0.2, -0.15) is 5.10 Å². The van der Waals surface area contributed by atoms with Gasteiger partial charge in [0.15, 0.2) is 0 Å². The summed E-state index contributed by atoms with van der Waals surface area (Å²) in [5.41, 5.74) is 12.8. The third-order valence-electron chi connectivity index (χ3n) is 2.34. The summed E-state index contributed by atoms with van der Waals surface area (Å²) in [6, 6.07) is 7.94. The van der Waals surface area contributed by atoms with Gasteiger partial charge in [-0.3, -0.25) is 16.1 Å². The van der Waals surface area contributed by atoms with Crippen molar-refractivity contribution in [3.8, 4) is 0 Å². The molecule has 0 unspecified atom stereocenters. The Hall–Kier alpha value is -3.17. The van der Waals surface area contributed by atoms with Crippen molar-refractivity contribution in [1.82, 2.24) is 14.8 Å². The number of aromatic nitrogens is 3. The highest BCUT2D eigenvalue weighted by molar-refractivity contribution is 5.70. The number of rotatable bonds is 4. The highest BCUT2D eigenvalue weighted by atomic mass is 16.9. The van der Waals surface area contributed by atoms with Crippen LogP contribution in [0.2, 0.25) is 0 Å². The van der Waals surface area contributed by atoms with Crippen LogP contribution in [0.3, 0.4) is 0 Å². The zero-order valence-corrected chi connectivity index (χ0v) is 11.0. The minimum Gasteiger partial charge on any atom is -0.356 e. The van der Waals surface area contributed by atoms with Crippen LogP contribution in [0.25, 0.3) is 0 Å². The van der Waals surface area contributed by atoms with E-state index >= 15 is 0 Å². The molecule has 0 atom stereocenters. The van der Waals surface area contributed by atoms with Crippen molar-refractivity contribution < 1.29 is 10.1 Å². The molecule has 2 rings (SSSR count). The number of guanidine groups is 1. The average Bonchev–Trinajstić information content (AvgIpc) is 2.90. The second kappa shape index (κ2) is 8.09. The third-order valence-corrected chi connectivity index (χ3v) is 2.34. The van der Waals surface area contributed by atoms with Gasteiger partial charge in [0.2, 0.25) is 0 Å². The lowest BCUT2D eigenvalue weighted by molar-refractivity contribution is -0.402. The molecule has 10 heteroatoms. The second-order valence-corrected chi connectivity index (χ2v) is 3.91. The van der Waals surface area contributed by atoms with E-state index in [1.807, 2.05) is 24.3 Å². The van der Waals surface area contributed by atoms with Crippen LogP contribution in [0, 0.1) is 15.3 Å². The summed E-state index contributed by atoms with van der Waals surface area (Å²) >= 11 is 0. The smallest absolute Gasteiger partial charge is 0.343 e. The molecule has 5 N–H and O–H groups in total. The zero-order valence-electron chi connectivity index (χ0n) is 11.0. The minimum atomic E-state index is -1.75. The standard InChI is InChI=1S/C11H14N6.NO3/c12-11(13)16-10-3-1-9(2-4-10)5-6-17-8-14-7-15-17;2-1(3)4/h1-4,7-8H,5-6H2,(H4,12,13,16);/q;-1/p+1. The van der Waals surface area contributed by atoms with E-state index in [4.69, 9.17) is 26.8 Å². The number of hydrogen-bond acceptors (Lipinski definition) is 5. The van der Waals surface area contributed by atoms with E-state index in [0.717, 1.165) is 18.7 Å². The van der Waals surface area contributed by atoms with E-state index in [2.05, 4.69) is 15.1 Å². The molecule has 1 heterocycles. The summed E-state index contributed by atoms with van der Waals surface area (Å²) in [7, 11) is 0. The zero-order chi connectivity index (χ0) is 15.7. The molecule has 112 valence electrons. The number of nitrogens with zero attached hydrogens (tertiary/aromatic N) is 4. The molecule has 21 heavy (non-hydrogen) atoms. The van der Waals surface area contributed by atoms with Crippen molar-refractivity contribution in [3.05, 3.63) is 57.8 Å². The summed E-state index contributed by atoms with van der Waals surface area (Å²) in [5, 5.41) is 18.8. The first-order valence-corrected chi connectivity index (χ1v) is 5.85. The molecule has 1 aromatic heterocycles. The van der Waals surface area contributed by atoms with Crippen molar-refractivity contribution in [2.24, 2.45) is 11.5 Å². The van der Waals surface area contributed by atoms with Gasteiger partial charge in [0.1, 0.15) is 12.7 Å². The van der Waals surface area contributed by atoms with E-state index in [0.29, 0.717) is 0 Å². The molecule has 2 aromatic rings. The first-order valence-electron chi connectivity index (χ1n) is 5.85. The maximum Gasteiger partial charge on any atom is 0.343 e. The molecule has 0 aliphatic rings. The molecule has 0 aliphatic carbocycles. The first kappa shape index (κ1) is 15.9. The van der Waals surface area contributed by atoms with Crippen LogP contribution < -0.4 is 16.5 Å². The van der Waals surface area contributed by atoms with Crippen LogP contribution in [0.1, 0.15) is 5.56 Å². The topological polar surface area (TPSA) is 163 Å². The highest BCUT2D eigenvalue weighted by Crippen LogP contribution is 2.05. The maximum absolute atomic E-state index is 8.25. The molecule has 1 aromatic carbocycles. The molecule has 0 fully saturated rings. The van der Waals surface area contributed by atoms with Gasteiger partial charge < -0.3 is 15.3 Å². The van der Waals surface area contributed by atoms with E-state index in [1.54, 1.807) is 11.0 Å². The Labute approximate surface area is 119 Å². The second-order valence-electron chi connectivity index (χ2n) is 3.91. The fraction of sp³-hybridized carbons (Fsp3) is 0.182. The Morgan fingerprint density at radius 1 is 1.29 bits per heavy atom. The normalized spacial score (nSPS) is 9.33. The Bertz CT molecular complexity index is 572. The molecular weight excluding hydrogens is 278 g/mol. The Morgan fingerprint density at radius 2 is 1.90 bits per heavy atom. The van der Waals surface area contributed by atoms with E-state index < -0.39 is 5.09 Å². The lowest BCUT2D eigenvalue weighted by Crippen LogP contribution is -2.72. The summed E-state index contributed by atoms with van der Waals surface area (Å²) in [5.74, 6) is 0.195. The molecule has 0 radical (unpaired) electrons. The molecule has 0 amide bonds. The lowest BCUT2D eigenvalue weighted by Gasteiger charge is -2.01. The fourth-order valence-corrected chi connectivity index (χ4v) is 1.51. The number of nitrogens with one attached hydrogen (secondary N) is 1. The molecule has 0 saturated heterocycles. The number of aryl methyl sites for hydroxylation is 2. The molecule has 0 aliphatic heterocycles. The van der Waals surface area contributed by atoms with E-state index in [-0.39, 0.29) is 5.96 Å². The van der Waals surface area contributed by atoms with Gasteiger partial charge in [0.25, 0.3) is 0 Å². The van der Waals surface area contributed by atoms with Gasteiger partial charge in [-0.05, 0) is 24.1 Å². The Morgan fingerprint density at radius 3 is 2.38 bits per heavy atom. The summed E-state index contributed by atoms with van der Waals surface area (Å²) < 4.78 is 1.80. The molecule has 0 spiro atoms. The Balaban J connectivity index is 0.000000491. The van der Waals surface area contributed by atoms with Gasteiger partial charge in [-0.1, -0.05) is 12.1 Å². The van der Waals surface area contributed by atoms with Crippen LogP contribution in [0.5, 0.6) is 0 Å².